The first-order chi connectivity index (χ1) is 11.4. The van der Waals surface area contributed by atoms with Crippen molar-refractivity contribution in [2.45, 2.75) is 25.2 Å². The molecule has 0 atom stereocenters. The molecule has 4 nitrogen and oxygen atoms in total. The highest BCUT2D eigenvalue weighted by atomic mass is 32.2. The first kappa shape index (κ1) is 16.6. The molecule has 0 saturated carbocycles. The van der Waals surface area contributed by atoms with E-state index in [4.69, 9.17) is 4.74 Å². The predicted molar refractivity (Wildman–Crippen MR) is 95.5 cm³/mol. The minimum atomic E-state index is -3.56. The third kappa shape index (κ3) is 2.91. The third-order valence-corrected chi connectivity index (χ3v) is 6.43. The topological polar surface area (TPSA) is 46.6 Å². The molecule has 0 N–H and O–H groups in total. The van der Waals surface area contributed by atoms with Crippen LogP contribution in [0.2, 0.25) is 0 Å². The zero-order chi connectivity index (χ0) is 17.3. The Hall–Kier alpha value is -2.27. The van der Waals surface area contributed by atoms with E-state index in [0.717, 1.165) is 28.0 Å². The van der Waals surface area contributed by atoms with E-state index < -0.39 is 10.0 Å². The van der Waals surface area contributed by atoms with Gasteiger partial charge in [-0.15, -0.1) is 0 Å². The molecule has 0 aliphatic carbocycles. The highest BCUT2D eigenvalue weighted by Gasteiger charge is 2.25. The van der Waals surface area contributed by atoms with Crippen LogP contribution in [0.1, 0.15) is 22.3 Å². The summed E-state index contributed by atoms with van der Waals surface area (Å²) in [7, 11) is -1.93. The number of nitrogens with zero attached hydrogens (tertiary/aromatic N) is 1. The van der Waals surface area contributed by atoms with E-state index in [2.05, 4.69) is 0 Å². The van der Waals surface area contributed by atoms with Crippen LogP contribution in [0.5, 0.6) is 5.75 Å². The molecule has 0 unspecified atom stereocenters. The lowest BCUT2D eigenvalue weighted by atomic mass is 10.0. The Morgan fingerprint density at radius 3 is 2.67 bits per heavy atom. The highest BCUT2D eigenvalue weighted by Crippen LogP contribution is 2.27. The van der Waals surface area contributed by atoms with Crippen molar-refractivity contribution in [1.82, 2.24) is 4.31 Å². The fraction of sp³-hybridized carbons (Fsp3) is 0.263. The van der Waals surface area contributed by atoms with E-state index in [-0.39, 0.29) is 0 Å². The first-order valence-corrected chi connectivity index (χ1v) is 9.30. The largest absolute Gasteiger partial charge is 0.497 e. The van der Waals surface area contributed by atoms with E-state index >= 15 is 0 Å². The maximum Gasteiger partial charge on any atom is 0.264 e. The van der Waals surface area contributed by atoms with Gasteiger partial charge in [0.25, 0.3) is 10.0 Å². The van der Waals surface area contributed by atoms with E-state index in [1.807, 2.05) is 44.2 Å². The van der Waals surface area contributed by atoms with Gasteiger partial charge in [-0.25, -0.2) is 8.42 Å². The molecule has 0 fully saturated rings. The van der Waals surface area contributed by atoms with Crippen molar-refractivity contribution >= 4 is 16.1 Å². The number of methoxy groups -OCH3 is 1. The van der Waals surface area contributed by atoms with Crippen LogP contribution in [-0.2, 0) is 16.4 Å². The summed E-state index contributed by atoms with van der Waals surface area (Å²) in [6.45, 7) is 4.19. The summed E-state index contributed by atoms with van der Waals surface area (Å²) in [5.74, 6) is 0.785. The van der Waals surface area contributed by atoms with Gasteiger partial charge in [0.15, 0.2) is 0 Å². The molecule has 0 amide bonds. The highest BCUT2D eigenvalue weighted by molar-refractivity contribution is 7.89. The number of hydrogen-bond acceptors (Lipinski definition) is 3. The molecule has 0 saturated heterocycles. The van der Waals surface area contributed by atoms with Crippen LogP contribution in [0.15, 0.2) is 47.5 Å². The Labute approximate surface area is 143 Å². The Bertz CT molecular complexity index is 901. The molecule has 24 heavy (non-hydrogen) atoms. The minimum Gasteiger partial charge on any atom is -0.497 e. The summed E-state index contributed by atoms with van der Waals surface area (Å²) in [5.41, 5.74) is 3.89. The van der Waals surface area contributed by atoms with E-state index in [1.54, 1.807) is 25.4 Å². The molecule has 126 valence electrons. The maximum absolute atomic E-state index is 13.0. The number of aryl methyl sites for hydroxylation is 1. The zero-order valence-corrected chi connectivity index (χ0v) is 14.9. The van der Waals surface area contributed by atoms with Crippen LogP contribution in [0.4, 0.5) is 0 Å². The van der Waals surface area contributed by atoms with Crippen molar-refractivity contribution in [3.8, 4) is 5.75 Å². The summed E-state index contributed by atoms with van der Waals surface area (Å²) in [6.07, 6.45) is 4.16. The standard InChI is InChI=1S/C19H21NO3S/c1-14-5-4-6-19(15(14)2)24(21,22)20-11-9-16-7-8-18(23-3)13-17(16)10-12-20/h4-9,11,13H,10,12H2,1-3H3. The Morgan fingerprint density at radius 2 is 1.92 bits per heavy atom. The summed E-state index contributed by atoms with van der Waals surface area (Å²) in [6, 6.07) is 11.2. The minimum absolute atomic E-state index is 0.371. The van der Waals surface area contributed by atoms with Crippen molar-refractivity contribution in [3.63, 3.8) is 0 Å². The van der Waals surface area contributed by atoms with Gasteiger partial charge >= 0.3 is 0 Å². The van der Waals surface area contributed by atoms with Gasteiger partial charge in [-0.05, 0) is 66.8 Å². The van der Waals surface area contributed by atoms with Gasteiger partial charge in [-0.2, -0.15) is 0 Å². The number of hydrogen-bond donors (Lipinski definition) is 0. The summed E-state index contributed by atoms with van der Waals surface area (Å²) < 4.78 is 32.8. The van der Waals surface area contributed by atoms with Gasteiger partial charge in [0, 0.05) is 12.7 Å². The van der Waals surface area contributed by atoms with Crippen LogP contribution in [-0.4, -0.2) is 26.4 Å². The summed E-state index contributed by atoms with van der Waals surface area (Å²) in [4.78, 5) is 0.371. The summed E-state index contributed by atoms with van der Waals surface area (Å²) >= 11 is 0. The van der Waals surface area contributed by atoms with Gasteiger partial charge in [0.05, 0.1) is 12.0 Å². The molecule has 1 aliphatic rings. The quantitative estimate of drug-likeness (QED) is 0.856. The second-order valence-electron chi connectivity index (χ2n) is 5.94. The molecule has 2 aromatic carbocycles. The van der Waals surface area contributed by atoms with E-state index in [9.17, 15) is 8.42 Å². The average Bonchev–Trinajstić information content (AvgIpc) is 2.79. The van der Waals surface area contributed by atoms with Crippen LogP contribution in [0.3, 0.4) is 0 Å². The number of rotatable bonds is 3. The van der Waals surface area contributed by atoms with Gasteiger partial charge in [-0.1, -0.05) is 18.2 Å². The smallest absolute Gasteiger partial charge is 0.264 e. The predicted octanol–water partition coefficient (Wildman–Crippen LogP) is 3.53. The van der Waals surface area contributed by atoms with E-state index in [0.29, 0.717) is 17.9 Å². The van der Waals surface area contributed by atoms with Crippen LogP contribution >= 0.6 is 0 Å². The van der Waals surface area contributed by atoms with Crippen LogP contribution in [0, 0.1) is 13.8 Å². The van der Waals surface area contributed by atoms with Crippen LogP contribution < -0.4 is 4.74 Å². The zero-order valence-electron chi connectivity index (χ0n) is 14.1. The van der Waals surface area contributed by atoms with Crippen molar-refractivity contribution in [2.75, 3.05) is 13.7 Å². The molecule has 1 aliphatic heterocycles. The number of ether oxygens (including phenoxy) is 1. The molecule has 0 aromatic heterocycles. The Morgan fingerprint density at radius 1 is 1.12 bits per heavy atom. The SMILES string of the molecule is COc1ccc2c(c1)CCN(S(=O)(=O)c1cccc(C)c1C)C=C2. The second kappa shape index (κ2) is 6.32. The summed E-state index contributed by atoms with van der Waals surface area (Å²) in [5, 5.41) is 0. The number of fused-ring (bicyclic) bond motifs is 1. The van der Waals surface area contributed by atoms with Gasteiger partial charge in [0.1, 0.15) is 5.75 Å². The van der Waals surface area contributed by atoms with Gasteiger partial charge < -0.3 is 4.74 Å². The Balaban J connectivity index is 1.96. The normalized spacial score (nSPS) is 14.2. The van der Waals surface area contributed by atoms with Crippen molar-refractivity contribution in [3.05, 3.63) is 64.9 Å². The van der Waals surface area contributed by atoms with E-state index in [1.165, 1.54) is 4.31 Å². The fourth-order valence-corrected chi connectivity index (χ4v) is 4.49. The lowest BCUT2D eigenvalue weighted by molar-refractivity contribution is 0.414. The molecular formula is C19H21NO3S. The van der Waals surface area contributed by atoms with Crippen LogP contribution in [0.25, 0.3) is 6.08 Å². The number of sulfonamides is 1. The van der Waals surface area contributed by atoms with Gasteiger partial charge in [-0.3, -0.25) is 4.31 Å². The first-order valence-electron chi connectivity index (χ1n) is 7.86. The van der Waals surface area contributed by atoms with Crippen molar-refractivity contribution in [1.29, 1.82) is 0 Å². The fourth-order valence-electron chi connectivity index (χ4n) is 2.89. The monoisotopic (exact) mass is 343 g/mol. The van der Waals surface area contributed by atoms with Crippen molar-refractivity contribution < 1.29 is 13.2 Å². The maximum atomic E-state index is 13.0. The Kier molecular flexibility index (Phi) is 4.37. The molecule has 0 bridgehead atoms. The molecule has 1 heterocycles. The third-order valence-electron chi connectivity index (χ3n) is 4.51. The van der Waals surface area contributed by atoms with Crippen molar-refractivity contribution in [2.24, 2.45) is 0 Å². The molecule has 0 spiro atoms. The lowest BCUT2D eigenvalue weighted by Crippen LogP contribution is -2.28. The molecule has 5 heteroatoms. The molecule has 0 radical (unpaired) electrons. The molecular weight excluding hydrogens is 322 g/mol. The second-order valence-corrected chi connectivity index (χ2v) is 7.80. The van der Waals surface area contributed by atoms with Gasteiger partial charge in [0.2, 0.25) is 0 Å². The lowest BCUT2D eigenvalue weighted by Gasteiger charge is -2.21. The average molecular weight is 343 g/mol. The molecule has 3 rings (SSSR count). The molecule has 2 aromatic rings. The number of benzene rings is 2.